The van der Waals surface area contributed by atoms with Gasteiger partial charge in [-0.25, -0.2) is 18.7 Å². The molecule has 8 nitrogen and oxygen atoms in total. The molecule has 0 atom stereocenters. The average Bonchev–Trinajstić information content (AvgIpc) is 3.30. The first-order valence-corrected chi connectivity index (χ1v) is 9.73. The molecule has 4 rings (SSSR count). The molecule has 3 heterocycles. The van der Waals surface area contributed by atoms with Crippen LogP contribution in [0.1, 0.15) is 20.8 Å². The maximum atomic E-state index is 13.4. The highest BCUT2D eigenvalue weighted by atomic mass is 19.1. The van der Waals surface area contributed by atoms with Gasteiger partial charge in [-0.3, -0.25) is 9.58 Å². The van der Waals surface area contributed by atoms with Gasteiger partial charge in [-0.1, -0.05) is 0 Å². The SMILES string of the molecule is CN(C(=O)OC(C)(C)C)c1cn2nccc(-c3cn(C)nc3-c3ccc(F)cc3)c2n1. The lowest BCUT2D eigenvalue weighted by Gasteiger charge is -2.23. The first-order valence-electron chi connectivity index (χ1n) is 9.73. The average molecular weight is 422 g/mol. The Morgan fingerprint density at radius 1 is 1.10 bits per heavy atom. The van der Waals surface area contributed by atoms with Crippen LogP contribution in [0.25, 0.3) is 28.0 Å². The van der Waals surface area contributed by atoms with Crippen LogP contribution in [-0.4, -0.2) is 43.1 Å². The van der Waals surface area contributed by atoms with E-state index in [1.165, 1.54) is 17.0 Å². The summed E-state index contributed by atoms with van der Waals surface area (Å²) in [6, 6.07) is 8.02. The van der Waals surface area contributed by atoms with Gasteiger partial charge in [0.2, 0.25) is 0 Å². The van der Waals surface area contributed by atoms with Crippen molar-refractivity contribution in [2.45, 2.75) is 26.4 Å². The van der Waals surface area contributed by atoms with Crippen molar-refractivity contribution in [2.24, 2.45) is 7.05 Å². The van der Waals surface area contributed by atoms with Crippen LogP contribution in [0.15, 0.2) is 48.9 Å². The van der Waals surface area contributed by atoms with Crippen molar-refractivity contribution in [1.82, 2.24) is 24.4 Å². The van der Waals surface area contributed by atoms with Gasteiger partial charge in [0.25, 0.3) is 0 Å². The normalized spacial score (nSPS) is 11.7. The van der Waals surface area contributed by atoms with E-state index in [1.807, 2.05) is 19.3 Å². The number of hydrogen-bond donors (Lipinski definition) is 0. The maximum Gasteiger partial charge on any atom is 0.415 e. The third kappa shape index (κ3) is 4.11. The minimum Gasteiger partial charge on any atom is -0.443 e. The Morgan fingerprint density at radius 2 is 1.81 bits per heavy atom. The van der Waals surface area contributed by atoms with Crippen molar-refractivity contribution >= 4 is 17.6 Å². The zero-order valence-corrected chi connectivity index (χ0v) is 18.0. The summed E-state index contributed by atoms with van der Waals surface area (Å²) in [5.41, 5.74) is 3.02. The fraction of sp³-hybridized carbons (Fsp3) is 0.273. The molecule has 4 aromatic rings. The van der Waals surface area contributed by atoms with Crippen LogP contribution >= 0.6 is 0 Å². The number of hydrogen-bond acceptors (Lipinski definition) is 5. The molecule has 0 saturated carbocycles. The standard InChI is InChI=1S/C22H23FN6O2/c1-22(2,3)31-21(30)28(5)18-13-29-20(25-18)16(10-11-24-29)17-12-27(4)26-19(17)14-6-8-15(23)9-7-14/h6-13H,1-5H3. The predicted octanol–water partition coefficient (Wildman–Crippen LogP) is 4.31. The molecule has 0 saturated heterocycles. The predicted molar refractivity (Wildman–Crippen MR) is 115 cm³/mol. The van der Waals surface area contributed by atoms with Crippen molar-refractivity contribution in [3.63, 3.8) is 0 Å². The number of carbonyl (C=O) groups excluding carboxylic acids is 1. The summed E-state index contributed by atoms with van der Waals surface area (Å²) in [7, 11) is 3.42. The lowest BCUT2D eigenvalue weighted by atomic mass is 10.0. The Balaban J connectivity index is 1.79. The Kier molecular flexibility index (Phi) is 4.96. The number of ether oxygens (including phenoxy) is 1. The maximum absolute atomic E-state index is 13.4. The van der Waals surface area contributed by atoms with Gasteiger partial charge in [0.15, 0.2) is 11.5 Å². The fourth-order valence-corrected chi connectivity index (χ4v) is 3.19. The lowest BCUT2D eigenvalue weighted by molar-refractivity contribution is 0.0588. The molecule has 160 valence electrons. The molecule has 0 unspecified atom stereocenters. The second kappa shape index (κ2) is 7.50. The summed E-state index contributed by atoms with van der Waals surface area (Å²) in [5, 5.41) is 8.88. The number of aromatic nitrogens is 5. The number of amides is 1. The van der Waals surface area contributed by atoms with E-state index in [0.717, 1.165) is 16.7 Å². The molecule has 0 N–H and O–H groups in total. The van der Waals surface area contributed by atoms with Crippen LogP contribution in [-0.2, 0) is 11.8 Å². The molecule has 0 aliphatic heterocycles. The van der Waals surface area contributed by atoms with E-state index in [-0.39, 0.29) is 5.82 Å². The van der Waals surface area contributed by atoms with Crippen LogP contribution in [0.4, 0.5) is 15.0 Å². The van der Waals surface area contributed by atoms with E-state index < -0.39 is 11.7 Å². The lowest BCUT2D eigenvalue weighted by Crippen LogP contribution is -2.34. The van der Waals surface area contributed by atoms with E-state index >= 15 is 0 Å². The van der Waals surface area contributed by atoms with Gasteiger partial charge in [0, 0.05) is 43.2 Å². The van der Waals surface area contributed by atoms with Gasteiger partial charge in [0.05, 0.1) is 6.20 Å². The molecule has 0 aliphatic carbocycles. The van der Waals surface area contributed by atoms with Crippen molar-refractivity contribution in [3.05, 3.63) is 54.7 Å². The molecular formula is C22H23FN6O2. The number of carbonyl (C=O) groups is 1. The van der Waals surface area contributed by atoms with E-state index in [9.17, 15) is 9.18 Å². The Labute approximate surface area is 178 Å². The summed E-state index contributed by atoms with van der Waals surface area (Å²) >= 11 is 0. The van der Waals surface area contributed by atoms with Crippen molar-refractivity contribution in [1.29, 1.82) is 0 Å². The van der Waals surface area contributed by atoms with Crippen LogP contribution < -0.4 is 4.90 Å². The molecule has 31 heavy (non-hydrogen) atoms. The summed E-state index contributed by atoms with van der Waals surface area (Å²) in [5.74, 6) is 0.0945. The van der Waals surface area contributed by atoms with Crippen LogP contribution in [0, 0.1) is 5.82 Å². The van der Waals surface area contributed by atoms with Crippen LogP contribution in [0.3, 0.4) is 0 Å². The van der Waals surface area contributed by atoms with Gasteiger partial charge < -0.3 is 4.74 Å². The van der Waals surface area contributed by atoms with Crippen molar-refractivity contribution in [2.75, 3.05) is 11.9 Å². The number of rotatable bonds is 3. The van der Waals surface area contributed by atoms with Gasteiger partial charge in [-0.05, 0) is 51.1 Å². The first kappa shape index (κ1) is 20.5. The molecule has 0 fully saturated rings. The molecule has 0 aliphatic rings. The first-order chi connectivity index (χ1) is 14.6. The van der Waals surface area contributed by atoms with Crippen LogP contribution in [0.2, 0.25) is 0 Å². The smallest absolute Gasteiger partial charge is 0.415 e. The summed E-state index contributed by atoms with van der Waals surface area (Å²) in [6.07, 6.45) is 4.69. The number of anilines is 1. The molecule has 0 spiro atoms. The molecule has 9 heteroatoms. The third-order valence-corrected chi connectivity index (χ3v) is 4.60. The zero-order valence-electron chi connectivity index (χ0n) is 18.0. The number of nitrogens with zero attached hydrogens (tertiary/aromatic N) is 6. The summed E-state index contributed by atoms with van der Waals surface area (Å²) in [6.45, 7) is 5.42. The monoisotopic (exact) mass is 422 g/mol. The Morgan fingerprint density at radius 3 is 2.48 bits per heavy atom. The van der Waals surface area contributed by atoms with E-state index in [4.69, 9.17) is 4.74 Å². The van der Waals surface area contributed by atoms with Gasteiger partial charge >= 0.3 is 6.09 Å². The minimum atomic E-state index is -0.617. The molecule has 0 bridgehead atoms. The fourth-order valence-electron chi connectivity index (χ4n) is 3.19. The van der Waals surface area contributed by atoms with E-state index in [1.54, 1.807) is 61.5 Å². The Bertz CT molecular complexity index is 1250. The summed E-state index contributed by atoms with van der Waals surface area (Å²) in [4.78, 5) is 18.4. The largest absolute Gasteiger partial charge is 0.443 e. The van der Waals surface area contributed by atoms with Crippen molar-refractivity contribution < 1.29 is 13.9 Å². The number of halogens is 1. The second-order valence-electron chi connectivity index (χ2n) is 8.22. The quantitative estimate of drug-likeness (QED) is 0.492. The zero-order chi connectivity index (χ0) is 22.3. The molecular weight excluding hydrogens is 399 g/mol. The van der Waals surface area contributed by atoms with E-state index in [0.29, 0.717) is 17.2 Å². The highest BCUT2D eigenvalue weighted by Crippen LogP contribution is 2.33. The van der Waals surface area contributed by atoms with Crippen LogP contribution in [0.5, 0.6) is 0 Å². The Hall–Kier alpha value is -3.75. The third-order valence-electron chi connectivity index (χ3n) is 4.60. The topological polar surface area (TPSA) is 77.5 Å². The number of imidazole rings is 1. The molecule has 1 amide bonds. The second-order valence-corrected chi connectivity index (χ2v) is 8.22. The summed E-state index contributed by atoms with van der Waals surface area (Å²) < 4.78 is 22.1. The highest BCUT2D eigenvalue weighted by molar-refractivity contribution is 5.90. The minimum absolute atomic E-state index is 0.310. The number of fused-ring (bicyclic) bond motifs is 1. The molecule has 3 aromatic heterocycles. The molecule has 0 radical (unpaired) electrons. The molecule has 1 aromatic carbocycles. The van der Waals surface area contributed by atoms with Gasteiger partial charge in [-0.15, -0.1) is 0 Å². The van der Waals surface area contributed by atoms with Gasteiger partial charge in [-0.2, -0.15) is 10.2 Å². The van der Waals surface area contributed by atoms with E-state index in [2.05, 4.69) is 15.2 Å². The number of aryl methyl sites for hydroxylation is 1. The highest BCUT2D eigenvalue weighted by Gasteiger charge is 2.23. The number of benzene rings is 1. The van der Waals surface area contributed by atoms with Crippen molar-refractivity contribution in [3.8, 4) is 22.4 Å². The van der Waals surface area contributed by atoms with Gasteiger partial charge in [0.1, 0.15) is 17.1 Å².